The number of aromatic nitrogens is 1. The first kappa shape index (κ1) is 20.3. The van der Waals surface area contributed by atoms with E-state index in [9.17, 15) is 18.0 Å². The summed E-state index contributed by atoms with van der Waals surface area (Å²) >= 11 is 0. The van der Waals surface area contributed by atoms with Gasteiger partial charge >= 0.3 is 0 Å². The number of rotatable bonds is 4. The van der Waals surface area contributed by atoms with Gasteiger partial charge in [0.1, 0.15) is 35.9 Å². The molecule has 29 heavy (non-hydrogen) atoms. The Hall–Kier alpha value is -3.39. The quantitative estimate of drug-likeness (QED) is 0.686. The summed E-state index contributed by atoms with van der Waals surface area (Å²) in [6.45, 7) is 0.599. The SMILES string of the molecule is Cc1cc(C#N)cnc1C(=O)NC1=C([C@@]2(C(F)F)COCC(N)=N2)C=C(F)CN1. The number of hydrogen-bond donors (Lipinski definition) is 3. The van der Waals surface area contributed by atoms with Gasteiger partial charge in [0.05, 0.1) is 18.7 Å². The molecule has 0 bridgehead atoms. The van der Waals surface area contributed by atoms with E-state index in [2.05, 4.69) is 20.6 Å². The number of aryl methyl sites for hydroxylation is 1. The highest BCUT2D eigenvalue weighted by molar-refractivity contribution is 5.95. The van der Waals surface area contributed by atoms with E-state index in [0.29, 0.717) is 5.56 Å². The lowest BCUT2D eigenvalue weighted by molar-refractivity contribution is 0.00876. The molecule has 1 atom stereocenters. The van der Waals surface area contributed by atoms with E-state index >= 15 is 0 Å². The first-order valence-corrected chi connectivity index (χ1v) is 8.49. The summed E-state index contributed by atoms with van der Waals surface area (Å²) in [7, 11) is 0. The summed E-state index contributed by atoms with van der Waals surface area (Å²) in [5.41, 5.74) is 3.68. The Morgan fingerprint density at radius 3 is 2.90 bits per heavy atom. The molecule has 1 amide bonds. The maximum Gasteiger partial charge on any atom is 0.275 e. The Balaban J connectivity index is 2.04. The van der Waals surface area contributed by atoms with Gasteiger partial charge in [-0.1, -0.05) is 0 Å². The van der Waals surface area contributed by atoms with Crippen LogP contribution in [0.3, 0.4) is 0 Å². The molecule has 8 nitrogen and oxygen atoms in total. The maximum absolute atomic E-state index is 14.0. The minimum absolute atomic E-state index is 0.0123. The summed E-state index contributed by atoms with van der Waals surface area (Å²) in [5, 5.41) is 13.9. The van der Waals surface area contributed by atoms with Gasteiger partial charge in [-0.05, 0) is 24.6 Å². The van der Waals surface area contributed by atoms with E-state index in [4.69, 9.17) is 15.7 Å². The van der Waals surface area contributed by atoms with Crippen LogP contribution in [0.2, 0.25) is 0 Å². The van der Waals surface area contributed by atoms with Crippen LogP contribution < -0.4 is 16.4 Å². The third kappa shape index (κ3) is 3.93. The molecule has 0 unspecified atom stereocenters. The number of aliphatic imine (C=N–C) groups is 1. The van der Waals surface area contributed by atoms with Gasteiger partial charge in [-0.25, -0.2) is 18.2 Å². The van der Waals surface area contributed by atoms with Crippen LogP contribution in [0.5, 0.6) is 0 Å². The zero-order chi connectivity index (χ0) is 21.2. The van der Waals surface area contributed by atoms with Gasteiger partial charge < -0.3 is 21.1 Å². The van der Waals surface area contributed by atoms with E-state index in [0.717, 1.165) is 6.08 Å². The summed E-state index contributed by atoms with van der Waals surface area (Å²) in [4.78, 5) is 20.4. The fourth-order valence-electron chi connectivity index (χ4n) is 3.05. The van der Waals surface area contributed by atoms with Crippen LogP contribution >= 0.6 is 0 Å². The highest BCUT2D eigenvalue weighted by Gasteiger charge is 2.48. The summed E-state index contributed by atoms with van der Waals surface area (Å²) < 4.78 is 47.1. The summed E-state index contributed by atoms with van der Waals surface area (Å²) in [6, 6.07) is 3.37. The molecule has 0 saturated heterocycles. The average Bonchev–Trinajstić information content (AvgIpc) is 2.68. The van der Waals surface area contributed by atoms with Crippen LogP contribution in [0.25, 0.3) is 0 Å². The highest BCUT2D eigenvalue weighted by atomic mass is 19.3. The number of alkyl halides is 2. The highest BCUT2D eigenvalue weighted by Crippen LogP contribution is 2.36. The third-order valence-electron chi connectivity index (χ3n) is 4.41. The van der Waals surface area contributed by atoms with Crippen molar-refractivity contribution in [1.82, 2.24) is 15.6 Å². The van der Waals surface area contributed by atoms with Crippen molar-refractivity contribution in [2.75, 3.05) is 19.8 Å². The molecule has 0 aromatic carbocycles. The van der Waals surface area contributed by atoms with Crippen LogP contribution in [0, 0.1) is 18.3 Å². The zero-order valence-corrected chi connectivity index (χ0v) is 15.3. The number of nitriles is 1. The molecular formula is C18H17F3N6O2. The Morgan fingerprint density at radius 1 is 1.52 bits per heavy atom. The molecule has 3 heterocycles. The van der Waals surface area contributed by atoms with E-state index in [1.807, 2.05) is 6.07 Å². The number of nitrogens with two attached hydrogens (primary N) is 1. The number of nitrogens with zero attached hydrogens (tertiary/aromatic N) is 3. The first-order chi connectivity index (χ1) is 13.8. The molecule has 3 rings (SSSR count). The Kier molecular flexibility index (Phi) is 5.56. The molecule has 152 valence electrons. The van der Waals surface area contributed by atoms with Crippen LogP contribution in [-0.4, -0.2) is 48.4 Å². The number of carbonyl (C=O) groups is 1. The predicted molar refractivity (Wildman–Crippen MR) is 96.6 cm³/mol. The molecule has 0 spiro atoms. The number of carbonyl (C=O) groups excluding carboxylic acids is 1. The molecule has 11 heteroatoms. The number of dihydropyridines is 1. The number of pyridine rings is 1. The van der Waals surface area contributed by atoms with Crippen LogP contribution in [0.4, 0.5) is 13.2 Å². The minimum atomic E-state index is -3.08. The monoisotopic (exact) mass is 406 g/mol. The maximum atomic E-state index is 14.0. The van der Waals surface area contributed by atoms with Gasteiger partial charge in [0.25, 0.3) is 12.3 Å². The molecule has 0 fully saturated rings. The van der Waals surface area contributed by atoms with Crippen molar-refractivity contribution in [2.24, 2.45) is 10.7 Å². The van der Waals surface area contributed by atoms with Crippen molar-refractivity contribution in [2.45, 2.75) is 18.9 Å². The van der Waals surface area contributed by atoms with E-state index in [1.54, 1.807) is 6.92 Å². The Bertz CT molecular complexity index is 982. The smallest absolute Gasteiger partial charge is 0.275 e. The lowest BCUT2D eigenvalue weighted by Crippen LogP contribution is -2.51. The van der Waals surface area contributed by atoms with Gasteiger partial charge in [-0.3, -0.25) is 9.79 Å². The normalized spacial score (nSPS) is 21.8. The average molecular weight is 406 g/mol. The number of nitrogens with one attached hydrogen (secondary N) is 2. The Morgan fingerprint density at radius 2 is 2.28 bits per heavy atom. The summed E-state index contributed by atoms with van der Waals surface area (Å²) in [6.07, 6.45) is -0.976. The van der Waals surface area contributed by atoms with Crippen molar-refractivity contribution >= 4 is 11.7 Å². The van der Waals surface area contributed by atoms with Gasteiger partial charge in [-0.15, -0.1) is 0 Å². The Labute approximate surface area is 164 Å². The van der Waals surface area contributed by atoms with E-state index < -0.39 is 30.3 Å². The molecule has 0 saturated carbocycles. The number of halogens is 3. The standard InChI is InChI=1S/C18H17F3N6O2/c1-9-2-10(4-22)5-24-14(9)16(28)26-15-12(3-11(19)6-25-15)18(17(20)21)8-29-7-13(23)27-18/h2-3,5,17,25H,6-8H2,1H3,(H2,23,27)(H,26,28)/t18-/m1/s1. The number of amides is 1. The fraction of sp³-hybridized carbons (Fsp3) is 0.333. The number of amidine groups is 1. The molecule has 4 N–H and O–H groups in total. The number of hydrogen-bond acceptors (Lipinski definition) is 7. The van der Waals surface area contributed by atoms with E-state index in [1.165, 1.54) is 12.3 Å². The van der Waals surface area contributed by atoms with Crippen LogP contribution in [0.1, 0.15) is 21.6 Å². The topological polar surface area (TPSA) is 125 Å². The van der Waals surface area contributed by atoms with Crippen molar-refractivity contribution in [3.63, 3.8) is 0 Å². The predicted octanol–water partition coefficient (Wildman–Crippen LogP) is 1.05. The third-order valence-corrected chi connectivity index (χ3v) is 4.41. The molecule has 1 aromatic rings. The zero-order valence-electron chi connectivity index (χ0n) is 15.3. The molecular weight excluding hydrogens is 389 g/mol. The second-order valence-corrected chi connectivity index (χ2v) is 6.51. The van der Waals surface area contributed by atoms with Gasteiger partial charge in [0, 0.05) is 11.8 Å². The largest absolute Gasteiger partial charge is 0.385 e. The van der Waals surface area contributed by atoms with Crippen molar-refractivity contribution in [3.8, 4) is 6.07 Å². The minimum Gasteiger partial charge on any atom is -0.385 e. The first-order valence-electron chi connectivity index (χ1n) is 8.49. The van der Waals surface area contributed by atoms with Gasteiger partial charge in [0.15, 0.2) is 5.54 Å². The lowest BCUT2D eigenvalue weighted by atomic mass is 9.88. The molecule has 0 aliphatic carbocycles. The number of ether oxygens (including phenoxy) is 1. The van der Waals surface area contributed by atoms with Crippen LogP contribution in [-0.2, 0) is 4.74 Å². The molecule has 2 aliphatic heterocycles. The molecule has 0 radical (unpaired) electrons. The van der Waals surface area contributed by atoms with E-state index in [-0.39, 0.29) is 41.6 Å². The molecule has 2 aliphatic rings. The van der Waals surface area contributed by atoms with Gasteiger partial charge in [0.2, 0.25) is 0 Å². The second-order valence-electron chi connectivity index (χ2n) is 6.51. The lowest BCUT2D eigenvalue weighted by Gasteiger charge is -2.36. The fourth-order valence-corrected chi connectivity index (χ4v) is 3.05. The summed E-state index contributed by atoms with van der Waals surface area (Å²) in [5.74, 6) is -1.76. The van der Waals surface area contributed by atoms with Crippen LogP contribution in [0.15, 0.2) is 40.6 Å². The van der Waals surface area contributed by atoms with Crippen molar-refractivity contribution in [3.05, 3.63) is 52.4 Å². The van der Waals surface area contributed by atoms with Crippen molar-refractivity contribution < 1.29 is 22.7 Å². The second kappa shape index (κ2) is 7.92. The van der Waals surface area contributed by atoms with Gasteiger partial charge in [-0.2, -0.15) is 5.26 Å². The van der Waals surface area contributed by atoms with Crippen molar-refractivity contribution in [1.29, 1.82) is 5.26 Å². The molecule has 1 aromatic heterocycles.